The van der Waals surface area contributed by atoms with E-state index in [0.29, 0.717) is 17.7 Å². The Morgan fingerprint density at radius 1 is 0.966 bits per heavy atom. The third kappa shape index (κ3) is 4.29. The van der Waals surface area contributed by atoms with Gasteiger partial charge in [0, 0.05) is 58.6 Å². The highest BCUT2D eigenvalue weighted by atomic mass is 16.2. The van der Waals surface area contributed by atoms with E-state index >= 15 is 0 Å². The molecule has 2 atom stereocenters. The topological polar surface area (TPSA) is 42.9 Å². The van der Waals surface area contributed by atoms with Gasteiger partial charge in [-0.2, -0.15) is 0 Å². The number of carbonyl (C=O) groups is 1. The summed E-state index contributed by atoms with van der Waals surface area (Å²) in [5.74, 6) is 3.11. The first-order valence-electron chi connectivity index (χ1n) is 11.7. The van der Waals surface area contributed by atoms with Crippen molar-refractivity contribution in [2.45, 2.75) is 25.7 Å². The largest absolute Gasteiger partial charge is 0.354 e. The molecule has 1 aromatic rings. The van der Waals surface area contributed by atoms with Gasteiger partial charge in [0.2, 0.25) is 5.91 Å². The van der Waals surface area contributed by atoms with Crippen LogP contribution in [-0.4, -0.2) is 91.0 Å². The molecule has 6 heterocycles. The second kappa shape index (κ2) is 8.60. The SMILES string of the molecule is O=C([C@@H]1CN2CCC1CC2)N1CCC[C@@H](CN2CCN(c3ccccn3)CC2)C1. The minimum atomic E-state index is 0.276. The maximum absolute atomic E-state index is 13.3. The molecule has 5 fully saturated rings. The summed E-state index contributed by atoms with van der Waals surface area (Å²) in [7, 11) is 0. The zero-order valence-corrected chi connectivity index (χ0v) is 17.6. The summed E-state index contributed by atoms with van der Waals surface area (Å²) in [4.78, 5) is 27.5. The lowest BCUT2D eigenvalue weighted by Crippen LogP contribution is -2.55. The van der Waals surface area contributed by atoms with E-state index in [4.69, 9.17) is 0 Å². The second-order valence-corrected chi connectivity index (χ2v) is 9.51. The van der Waals surface area contributed by atoms with Crippen LogP contribution in [0.2, 0.25) is 0 Å². The van der Waals surface area contributed by atoms with E-state index in [1.165, 1.54) is 38.8 Å². The van der Waals surface area contributed by atoms with Gasteiger partial charge in [-0.05, 0) is 62.7 Å². The summed E-state index contributed by atoms with van der Waals surface area (Å²) >= 11 is 0. The van der Waals surface area contributed by atoms with Crippen LogP contribution in [0.25, 0.3) is 0 Å². The van der Waals surface area contributed by atoms with Crippen LogP contribution in [0.4, 0.5) is 5.82 Å². The number of carbonyl (C=O) groups excluding carboxylic acids is 1. The number of rotatable bonds is 4. The van der Waals surface area contributed by atoms with Crippen LogP contribution in [0, 0.1) is 17.8 Å². The highest BCUT2D eigenvalue weighted by Crippen LogP contribution is 2.34. The third-order valence-corrected chi connectivity index (χ3v) is 7.67. The highest BCUT2D eigenvalue weighted by molar-refractivity contribution is 5.79. The molecule has 0 radical (unpaired) electrons. The van der Waals surface area contributed by atoms with Crippen molar-refractivity contribution in [2.24, 2.45) is 17.8 Å². The van der Waals surface area contributed by atoms with E-state index in [9.17, 15) is 4.79 Å². The maximum atomic E-state index is 13.3. The first-order chi connectivity index (χ1) is 14.3. The van der Waals surface area contributed by atoms with Crippen molar-refractivity contribution in [1.29, 1.82) is 0 Å². The first-order valence-corrected chi connectivity index (χ1v) is 11.7. The number of piperazine rings is 1. The van der Waals surface area contributed by atoms with Crippen molar-refractivity contribution < 1.29 is 4.79 Å². The zero-order chi connectivity index (χ0) is 19.6. The minimum Gasteiger partial charge on any atom is -0.354 e. The van der Waals surface area contributed by atoms with Crippen molar-refractivity contribution in [2.75, 3.05) is 70.3 Å². The average Bonchev–Trinajstić information content (AvgIpc) is 2.80. The van der Waals surface area contributed by atoms with E-state index in [1.807, 2.05) is 12.3 Å². The van der Waals surface area contributed by atoms with Crippen LogP contribution in [0.15, 0.2) is 24.4 Å². The molecule has 158 valence electrons. The Hall–Kier alpha value is -1.66. The summed E-state index contributed by atoms with van der Waals surface area (Å²) in [5.41, 5.74) is 0. The van der Waals surface area contributed by atoms with Crippen molar-refractivity contribution in [1.82, 2.24) is 19.7 Å². The molecular formula is C23H35N5O. The molecule has 0 aromatic carbocycles. The Labute approximate surface area is 174 Å². The van der Waals surface area contributed by atoms with E-state index in [2.05, 4.69) is 36.7 Å². The van der Waals surface area contributed by atoms with Crippen LogP contribution in [-0.2, 0) is 4.79 Å². The summed E-state index contributed by atoms with van der Waals surface area (Å²) in [5, 5.41) is 0. The minimum absolute atomic E-state index is 0.276. The quantitative estimate of drug-likeness (QED) is 0.775. The molecule has 0 unspecified atom stereocenters. The highest BCUT2D eigenvalue weighted by Gasteiger charge is 2.40. The van der Waals surface area contributed by atoms with E-state index in [-0.39, 0.29) is 5.92 Å². The van der Waals surface area contributed by atoms with Gasteiger partial charge in [0.15, 0.2) is 0 Å². The van der Waals surface area contributed by atoms with Crippen molar-refractivity contribution in [3.05, 3.63) is 24.4 Å². The standard InChI is InChI=1S/C23H35N5O/c29-23(21-18-25-10-6-20(21)7-11-25)28-9-3-4-19(17-28)16-26-12-14-27(15-13-26)22-5-1-2-8-24-22/h1-2,5,8,19-21H,3-4,6-7,9-18H2/t19-,21+/m0/s1. The monoisotopic (exact) mass is 397 g/mol. The number of aromatic nitrogens is 1. The fraction of sp³-hybridized carbons (Fsp3) is 0.739. The Morgan fingerprint density at radius 2 is 1.79 bits per heavy atom. The number of nitrogens with zero attached hydrogens (tertiary/aromatic N) is 5. The predicted molar refractivity (Wildman–Crippen MR) is 115 cm³/mol. The second-order valence-electron chi connectivity index (χ2n) is 9.51. The smallest absolute Gasteiger partial charge is 0.227 e. The molecule has 6 heteroatoms. The number of amides is 1. The third-order valence-electron chi connectivity index (χ3n) is 7.67. The van der Waals surface area contributed by atoms with Gasteiger partial charge in [-0.3, -0.25) is 9.69 Å². The molecular weight excluding hydrogens is 362 g/mol. The number of likely N-dealkylation sites (tertiary alicyclic amines) is 1. The average molecular weight is 398 g/mol. The van der Waals surface area contributed by atoms with Gasteiger partial charge in [0.25, 0.3) is 0 Å². The number of anilines is 1. The van der Waals surface area contributed by atoms with E-state index in [1.54, 1.807) is 0 Å². The molecule has 5 saturated heterocycles. The van der Waals surface area contributed by atoms with E-state index in [0.717, 1.165) is 58.2 Å². The summed E-state index contributed by atoms with van der Waals surface area (Å²) in [6, 6.07) is 6.15. The number of hydrogen-bond donors (Lipinski definition) is 0. The van der Waals surface area contributed by atoms with Crippen molar-refractivity contribution in [3.63, 3.8) is 0 Å². The number of piperidine rings is 4. The number of pyridine rings is 1. The molecule has 5 aliphatic rings. The van der Waals surface area contributed by atoms with Gasteiger partial charge < -0.3 is 14.7 Å². The van der Waals surface area contributed by atoms with Gasteiger partial charge in [-0.15, -0.1) is 0 Å². The Bertz CT molecular complexity index is 682. The van der Waals surface area contributed by atoms with Crippen LogP contribution < -0.4 is 4.90 Å². The van der Waals surface area contributed by atoms with E-state index < -0.39 is 0 Å². The van der Waals surface area contributed by atoms with Crippen LogP contribution in [0.3, 0.4) is 0 Å². The molecule has 5 aliphatic heterocycles. The molecule has 0 spiro atoms. The zero-order valence-electron chi connectivity index (χ0n) is 17.6. The fourth-order valence-corrected chi connectivity index (χ4v) is 5.96. The van der Waals surface area contributed by atoms with Crippen LogP contribution >= 0.6 is 0 Å². The molecule has 1 amide bonds. The molecule has 6 nitrogen and oxygen atoms in total. The lowest BCUT2D eigenvalue weighted by Gasteiger charge is -2.46. The molecule has 29 heavy (non-hydrogen) atoms. The normalized spacial score (nSPS) is 33.1. The van der Waals surface area contributed by atoms with Gasteiger partial charge in [0.1, 0.15) is 5.82 Å². The summed E-state index contributed by atoms with van der Waals surface area (Å²) in [6.07, 6.45) is 6.78. The maximum Gasteiger partial charge on any atom is 0.227 e. The first kappa shape index (κ1) is 19.3. The van der Waals surface area contributed by atoms with Crippen LogP contribution in [0.1, 0.15) is 25.7 Å². The summed E-state index contributed by atoms with van der Waals surface area (Å²) in [6.45, 7) is 10.8. The lowest BCUT2D eigenvalue weighted by molar-refractivity contribution is -0.144. The van der Waals surface area contributed by atoms with Crippen molar-refractivity contribution in [3.8, 4) is 0 Å². The number of hydrogen-bond acceptors (Lipinski definition) is 5. The predicted octanol–water partition coefficient (Wildman–Crippen LogP) is 1.78. The molecule has 1 aromatic heterocycles. The van der Waals surface area contributed by atoms with Crippen molar-refractivity contribution >= 4 is 11.7 Å². The van der Waals surface area contributed by atoms with Gasteiger partial charge >= 0.3 is 0 Å². The fourth-order valence-electron chi connectivity index (χ4n) is 5.96. The van der Waals surface area contributed by atoms with Gasteiger partial charge in [-0.1, -0.05) is 6.07 Å². The molecule has 0 aliphatic carbocycles. The Kier molecular flexibility index (Phi) is 5.73. The van der Waals surface area contributed by atoms with Gasteiger partial charge in [-0.25, -0.2) is 4.98 Å². The van der Waals surface area contributed by atoms with Gasteiger partial charge in [0.05, 0.1) is 5.92 Å². The number of fused-ring (bicyclic) bond motifs is 3. The molecule has 0 N–H and O–H groups in total. The Morgan fingerprint density at radius 3 is 2.48 bits per heavy atom. The molecule has 6 rings (SSSR count). The summed E-state index contributed by atoms with van der Waals surface area (Å²) < 4.78 is 0. The molecule has 0 saturated carbocycles. The molecule has 2 bridgehead atoms. The lowest BCUT2D eigenvalue weighted by atomic mass is 9.78. The van der Waals surface area contributed by atoms with Crippen LogP contribution in [0.5, 0.6) is 0 Å². The Balaban J connectivity index is 1.12.